The van der Waals surface area contributed by atoms with Crippen molar-refractivity contribution in [3.8, 4) is 0 Å². The Morgan fingerprint density at radius 1 is 1.44 bits per heavy atom. The fourth-order valence-electron chi connectivity index (χ4n) is 1.26. The molecule has 0 amide bonds. The standard InChI is InChI=1S/C13H20BrNO/c1-9(2)13(4,16)8-15-11-7-5-6-10(3)12(11)14/h5-7,9,15-16H,8H2,1-4H3. The van der Waals surface area contributed by atoms with E-state index in [1.165, 1.54) is 5.56 Å². The molecule has 2 nitrogen and oxygen atoms in total. The summed E-state index contributed by atoms with van der Waals surface area (Å²) < 4.78 is 1.06. The molecule has 0 bridgehead atoms. The first-order valence-electron chi connectivity index (χ1n) is 5.56. The maximum absolute atomic E-state index is 10.1. The van der Waals surface area contributed by atoms with Crippen LogP contribution in [0.1, 0.15) is 26.3 Å². The lowest BCUT2D eigenvalue weighted by molar-refractivity contribution is 0.0266. The number of rotatable bonds is 4. The summed E-state index contributed by atoms with van der Waals surface area (Å²) in [5.74, 6) is 0.226. The predicted molar refractivity (Wildman–Crippen MR) is 72.8 cm³/mol. The number of hydrogen-bond donors (Lipinski definition) is 2. The van der Waals surface area contributed by atoms with E-state index in [1.807, 2.05) is 32.9 Å². The van der Waals surface area contributed by atoms with Gasteiger partial charge in [0.15, 0.2) is 0 Å². The molecule has 0 saturated carbocycles. The molecule has 0 aromatic heterocycles. The van der Waals surface area contributed by atoms with Gasteiger partial charge in [0, 0.05) is 16.7 Å². The lowest BCUT2D eigenvalue weighted by Gasteiger charge is -2.28. The highest BCUT2D eigenvalue weighted by molar-refractivity contribution is 9.10. The van der Waals surface area contributed by atoms with Gasteiger partial charge in [-0.15, -0.1) is 0 Å². The van der Waals surface area contributed by atoms with Crippen molar-refractivity contribution in [3.63, 3.8) is 0 Å². The second-order valence-electron chi connectivity index (χ2n) is 4.80. The first-order valence-corrected chi connectivity index (χ1v) is 6.35. The van der Waals surface area contributed by atoms with Crippen LogP contribution in [0.3, 0.4) is 0 Å². The lowest BCUT2D eigenvalue weighted by atomic mass is 9.92. The molecule has 1 aromatic carbocycles. The zero-order chi connectivity index (χ0) is 12.3. The van der Waals surface area contributed by atoms with E-state index in [9.17, 15) is 5.11 Å². The van der Waals surface area contributed by atoms with E-state index in [4.69, 9.17) is 0 Å². The van der Waals surface area contributed by atoms with Gasteiger partial charge in [-0.1, -0.05) is 26.0 Å². The van der Waals surface area contributed by atoms with Gasteiger partial charge in [-0.25, -0.2) is 0 Å². The number of benzene rings is 1. The van der Waals surface area contributed by atoms with Gasteiger partial charge in [0.1, 0.15) is 0 Å². The highest BCUT2D eigenvalue weighted by Gasteiger charge is 2.24. The molecule has 0 saturated heterocycles. The van der Waals surface area contributed by atoms with Crippen molar-refractivity contribution in [3.05, 3.63) is 28.2 Å². The third-order valence-corrected chi connectivity index (χ3v) is 4.12. The highest BCUT2D eigenvalue weighted by atomic mass is 79.9. The molecule has 1 unspecified atom stereocenters. The number of hydrogen-bond acceptors (Lipinski definition) is 2. The molecule has 1 atom stereocenters. The van der Waals surface area contributed by atoms with Gasteiger partial charge in [0.25, 0.3) is 0 Å². The molecule has 0 heterocycles. The Hall–Kier alpha value is -0.540. The summed E-state index contributed by atoms with van der Waals surface area (Å²) in [4.78, 5) is 0. The monoisotopic (exact) mass is 285 g/mol. The Kier molecular flexibility index (Phi) is 4.39. The molecule has 0 radical (unpaired) electrons. The number of nitrogens with one attached hydrogen (secondary N) is 1. The second-order valence-corrected chi connectivity index (χ2v) is 5.59. The highest BCUT2D eigenvalue weighted by Crippen LogP contribution is 2.27. The van der Waals surface area contributed by atoms with Gasteiger partial charge < -0.3 is 10.4 Å². The van der Waals surface area contributed by atoms with E-state index in [0.29, 0.717) is 6.54 Å². The van der Waals surface area contributed by atoms with E-state index in [0.717, 1.165) is 10.2 Å². The quantitative estimate of drug-likeness (QED) is 0.886. The van der Waals surface area contributed by atoms with E-state index < -0.39 is 5.60 Å². The van der Waals surface area contributed by atoms with Crippen molar-refractivity contribution in [2.45, 2.75) is 33.3 Å². The van der Waals surface area contributed by atoms with Gasteiger partial charge in [-0.2, -0.15) is 0 Å². The minimum Gasteiger partial charge on any atom is -0.388 e. The van der Waals surface area contributed by atoms with Gasteiger partial charge in [-0.05, 0) is 47.3 Å². The Balaban J connectivity index is 2.72. The van der Waals surface area contributed by atoms with E-state index in [1.54, 1.807) is 0 Å². The summed E-state index contributed by atoms with van der Waals surface area (Å²) in [6, 6.07) is 6.07. The summed E-state index contributed by atoms with van der Waals surface area (Å²) in [7, 11) is 0. The Morgan fingerprint density at radius 3 is 2.62 bits per heavy atom. The van der Waals surface area contributed by atoms with Crippen LogP contribution in [0.25, 0.3) is 0 Å². The van der Waals surface area contributed by atoms with Gasteiger partial charge in [-0.3, -0.25) is 0 Å². The fourth-order valence-corrected chi connectivity index (χ4v) is 1.67. The first-order chi connectivity index (χ1) is 7.34. The SMILES string of the molecule is Cc1cccc(NCC(C)(O)C(C)C)c1Br. The van der Waals surface area contributed by atoms with Crippen LogP contribution in [0.5, 0.6) is 0 Å². The molecule has 16 heavy (non-hydrogen) atoms. The Labute approximate surface area is 106 Å². The molecular weight excluding hydrogens is 266 g/mol. The molecular formula is C13H20BrNO. The summed E-state index contributed by atoms with van der Waals surface area (Å²) in [5, 5.41) is 13.4. The average molecular weight is 286 g/mol. The van der Waals surface area contributed by atoms with Crippen LogP contribution in [0.4, 0.5) is 5.69 Å². The molecule has 90 valence electrons. The second kappa shape index (κ2) is 5.19. The van der Waals surface area contributed by atoms with Crippen LogP contribution in [-0.2, 0) is 0 Å². The number of halogens is 1. The van der Waals surface area contributed by atoms with Gasteiger partial charge in [0.05, 0.1) is 5.60 Å². The molecule has 0 aliphatic heterocycles. The molecule has 3 heteroatoms. The normalized spacial score (nSPS) is 14.9. The lowest BCUT2D eigenvalue weighted by Crippen LogP contribution is -2.38. The van der Waals surface area contributed by atoms with E-state index in [2.05, 4.69) is 34.2 Å². The van der Waals surface area contributed by atoms with Crippen molar-refractivity contribution >= 4 is 21.6 Å². The minimum absolute atomic E-state index is 0.226. The van der Waals surface area contributed by atoms with Crippen LogP contribution in [0.15, 0.2) is 22.7 Å². The van der Waals surface area contributed by atoms with Crippen LogP contribution in [0.2, 0.25) is 0 Å². The van der Waals surface area contributed by atoms with Crippen LogP contribution in [-0.4, -0.2) is 17.3 Å². The Morgan fingerprint density at radius 2 is 2.06 bits per heavy atom. The minimum atomic E-state index is -0.691. The number of anilines is 1. The Bertz CT molecular complexity index is 361. The fraction of sp³-hybridized carbons (Fsp3) is 0.538. The summed E-state index contributed by atoms with van der Waals surface area (Å²) in [6.45, 7) is 8.50. The average Bonchev–Trinajstić information content (AvgIpc) is 2.20. The molecule has 0 fully saturated rings. The summed E-state index contributed by atoms with van der Waals surface area (Å²) in [5.41, 5.74) is 1.53. The van der Waals surface area contributed by atoms with Crippen molar-refractivity contribution in [1.82, 2.24) is 0 Å². The zero-order valence-corrected chi connectivity index (χ0v) is 11.9. The summed E-state index contributed by atoms with van der Waals surface area (Å²) >= 11 is 3.54. The maximum atomic E-state index is 10.1. The van der Waals surface area contributed by atoms with E-state index >= 15 is 0 Å². The maximum Gasteiger partial charge on any atom is 0.0813 e. The van der Waals surface area contributed by atoms with Gasteiger partial charge in [0.2, 0.25) is 0 Å². The van der Waals surface area contributed by atoms with Crippen molar-refractivity contribution in [2.75, 3.05) is 11.9 Å². The molecule has 0 spiro atoms. The smallest absolute Gasteiger partial charge is 0.0813 e. The largest absolute Gasteiger partial charge is 0.388 e. The van der Waals surface area contributed by atoms with Crippen LogP contribution >= 0.6 is 15.9 Å². The van der Waals surface area contributed by atoms with Gasteiger partial charge >= 0.3 is 0 Å². The molecule has 0 aliphatic rings. The van der Waals surface area contributed by atoms with E-state index in [-0.39, 0.29) is 5.92 Å². The van der Waals surface area contributed by atoms with Crippen molar-refractivity contribution in [1.29, 1.82) is 0 Å². The number of aryl methyl sites for hydroxylation is 1. The third kappa shape index (κ3) is 3.22. The topological polar surface area (TPSA) is 32.3 Å². The molecule has 1 rings (SSSR count). The van der Waals surface area contributed by atoms with Crippen molar-refractivity contribution in [2.24, 2.45) is 5.92 Å². The first kappa shape index (κ1) is 13.5. The predicted octanol–water partition coefficient (Wildman–Crippen LogP) is 3.58. The van der Waals surface area contributed by atoms with Crippen molar-refractivity contribution < 1.29 is 5.11 Å². The molecule has 2 N–H and O–H groups in total. The zero-order valence-electron chi connectivity index (χ0n) is 10.3. The third-order valence-electron chi connectivity index (χ3n) is 3.07. The molecule has 0 aliphatic carbocycles. The summed E-state index contributed by atoms with van der Waals surface area (Å²) in [6.07, 6.45) is 0. The van der Waals surface area contributed by atoms with Crippen LogP contribution < -0.4 is 5.32 Å². The van der Waals surface area contributed by atoms with Crippen LogP contribution in [0, 0.1) is 12.8 Å². The molecule has 1 aromatic rings. The number of aliphatic hydroxyl groups is 1.